The Morgan fingerprint density at radius 3 is 2.65 bits per heavy atom. The Labute approximate surface area is 200 Å². The fourth-order valence-electron chi connectivity index (χ4n) is 3.40. The minimum absolute atomic E-state index is 0.404. The number of para-hydroxylation sites is 1. The van der Waals surface area contributed by atoms with Crippen LogP contribution < -0.4 is 15.3 Å². The second kappa shape index (κ2) is 10.3. The van der Waals surface area contributed by atoms with Crippen molar-refractivity contribution in [1.29, 1.82) is 0 Å². The third kappa shape index (κ3) is 4.97. The molecule has 2 aromatic heterocycles. The van der Waals surface area contributed by atoms with Crippen molar-refractivity contribution in [2.45, 2.75) is 0 Å². The van der Waals surface area contributed by atoms with Crippen LogP contribution in [0.5, 0.6) is 5.75 Å². The number of ether oxygens (including phenoxy) is 1. The maximum atomic E-state index is 12.6. The molecule has 2 aromatic carbocycles. The van der Waals surface area contributed by atoms with Crippen LogP contribution in [-0.4, -0.2) is 31.5 Å². The highest BCUT2D eigenvalue weighted by Crippen LogP contribution is 2.33. The van der Waals surface area contributed by atoms with Crippen molar-refractivity contribution in [3.8, 4) is 16.9 Å². The zero-order valence-corrected chi connectivity index (χ0v) is 19.7. The highest BCUT2D eigenvalue weighted by Gasteiger charge is 2.16. The molecular formula is C26H22N2O5S. The first-order valence-electron chi connectivity index (χ1n) is 10.3. The molecule has 0 bridgehead atoms. The van der Waals surface area contributed by atoms with E-state index in [4.69, 9.17) is 13.6 Å². The molecule has 0 fully saturated rings. The van der Waals surface area contributed by atoms with Gasteiger partial charge in [0.25, 0.3) is 5.91 Å². The molecule has 0 spiro atoms. The normalized spacial score (nSPS) is 11.8. The summed E-state index contributed by atoms with van der Waals surface area (Å²) in [6.07, 6.45) is 6.29. The number of hydrogen-bond acceptors (Lipinski definition) is 6. The third-order valence-corrected chi connectivity index (χ3v) is 5.84. The number of carbonyl (C=O) groups is 1. The molecule has 172 valence electrons. The van der Waals surface area contributed by atoms with Crippen molar-refractivity contribution >= 4 is 45.6 Å². The van der Waals surface area contributed by atoms with Crippen LogP contribution in [0, 0.1) is 0 Å². The van der Waals surface area contributed by atoms with E-state index in [0.717, 1.165) is 11.1 Å². The van der Waals surface area contributed by atoms with Gasteiger partial charge in [0.15, 0.2) is 5.17 Å². The Morgan fingerprint density at radius 2 is 1.91 bits per heavy atom. The molecule has 0 aliphatic carbocycles. The van der Waals surface area contributed by atoms with Gasteiger partial charge in [-0.15, -0.1) is 0 Å². The molecule has 4 rings (SSSR count). The molecule has 0 N–H and O–H groups in total. The Balaban J connectivity index is 1.64. The summed E-state index contributed by atoms with van der Waals surface area (Å²) in [4.78, 5) is 30.9. The van der Waals surface area contributed by atoms with Gasteiger partial charge in [-0.2, -0.15) is 4.99 Å². The lowest BCUT2D eigenvalue weighted by molar-refractivity contribution is -0.113. The van der Waals surface area contributed by atoms with E-state index in [-0.39, 0.29) is 0 Å². The SMILES string of the molecule is COc1cc(N(C)C(=NC(=O)C=Cc2ccco2)SC)ccc1-c1cc2ccccc2oc1=O. The van der Waals surface area contributed by atoms with E-state index in [1.54, 1.807) is 54.4 Å². The van der Waals surface area contributed by atoms with E-state index >= 15 is 0 Å². The average molecular weight is 475 g/mol. The van der Waals surface area contributed by atoms with Gasteiger partial charge in [0.2, 0.25) is 0 Å². The van der Waals surface area contributed by atoms with Crippen molar-refractivity contribution in [2.24, 2.45) is 4.99 Å². The van der Waals surface area contributed by atoms with Crippen molar-refractivity contribution in [3.63, 3.8) is 0 Å². The largest absolute Gasteiger partial charge is 0.496 e. The quantitative estimate of drug-likeness (QED) is 0.164. The summed E-state index contributed by atoms with van der Waals surface area (Å²) in [5.74, 6) is 0.655. The number of aliphatic imine (C=N–C) groups is 1. The third-order valence-electron chi connectivity index (χ3n) is 5.11. The maximum Gasteiger partial charge on any atom is 0.344 e. The number of amides is 1. The average Bonchev–Trinajstić information content (AvgIpc) is 3.38. The molecule has 1 amide bonds. The second-order valence-corrected chi connectivity index (χ2v) is 7.99. The van der Waals surface area contributed by atoms with E-state index < -0.39 is 11.5 Å². The number of carbonyl (C=O) groups excluding carboxylic acids is 1. The summed E-state index contributed by atoms with van der Waals surface area (Å²) in [5.41, 5.74) is 1.83. The van der Waals surface area contributed by atoms with E-state index in [0.29, 0.717) is 33.4 Å². The Hall–Kier alpha value is -4.04. The number of benzene rings is 2. The van der Waals surface area contributed by atoms with Gasteiger partial charge in [0.1, 0.15) is 17.1 Å². The molecule has 2 heterocycles. The molecular weight excluding hydrogens is 452 g/mol. The Bertz CT molecular complexity index is 1440. The standard InChI is InChI=1S/C26H22N2O5S/c1-28(26(34-3)27-24(29)13-11-19-8-6-14-32-19)18-10-12-20(23(16-18)31-2)21-15-17-7-4-5-9-22(17)33-25(21)30/h4-16H,1-3H3. The summed E-state index contributed by atoms with van der Waals surface area (Å²) >= 11 is 1.33. The molecule has 34 heavy (non-hydrogen) atoms. The number of amidine groups is 1. The first-order chi connectivity index (χ1) is 16.5. The first kappa shape index (κ1) is 23.1. The van der Waals surface area contributed by atoms with Gasteiger partial charge in [-0.3, -0.25) is 4.79 Å². The van der Waals surface area contributed by atoms with E-state index in [2.05, 4.69) is 4.99 Å². The lowest BCUT2D eigenvalue weighted by atomic mass is 10.0. The van der Waals surface area contributed by atoms with Gasteiger partial charge < -0.3 is 18.5 Å². The molecule has 0 aliphatic rings. The van der Waals surface area contributed by atoms with Crippen LogP contribution in [0.4, 0.5) is 5.69 Å². The number of hydrogen-bond donors (Lipinski definition) is 0. The summed E-state index contributed by atoms with van der Waals surface area (Å²) < 4.78 is 16.3. The summed E-state index contributed by atoms with van der Waals surface area (Å²) in [6, 6.07) is 18.0. The predicted octanol–water partition coefficient (Wildman–Crippen LogP) is 5.46. The van der Waals surface area contributed by atoms with Crippen LogP contribution in [0.2, 0.25) is 0 Å². The monoisotopic (exact) mass is 474 g/mol. The van der Waals surface area contributed by atoms with E-state index in [1.807, 2.05) is 30.5 Å². The maximum absolute atomic E-state index is 12.6. The van der Waals surface area contributed by atoms with Crippen LogP contribution in [0.3, 0.4) is 0 Å². The van der Waals surface area contributed by atoms with Gasteiger partial charge >= 0.3 is 5.63 Å². The number of anilines is 1. The summed E-state index contributed by atoms with van der Waals surface area (Å²) in [7, 11) is 3.34. The Morgan fingerprint density at radius 1 is 1.09 bits per heavy atom. The summed E-state index contributed by atoms with van der Waals surface area (Å²) in [6.45, 7) is 0. The number of furan rings is 1. The molecule has 0 unspecified atom stereocenters. The van der Waals surface area contributed by atoms with Crippen LogP contribution in [0.1, 0.15) is 5.76 Å². The number of nitrogens with zero attached hydrogens (tertiary/aromatic N) is 2. The molecule has 0 radical (unpaired) electrons. The van der Waals surface area contributed by atoms with E-state index in [9.17, 15) is 9.59 Å². The van der Waals surface area contributed by atoms with Crippen molar-refractivity contribution in [2.75, 3.05) is 25.3 Å². The van der Waals surface area contributed by atoms with Crippen molar-refractivity contribution in [1.82, 2.24) is 0 Å². The van der Waals surface area contributed by atoms with Gasteiger partial charge in [-0.05, 0) is 48.7 Å². The van der Waals surface area contributed by atoms with Gasteiger partial charge in [-0.1, -0.05) is 30.0 Å². The highest BCUT2D eigenvalue weighted by molar-refractivity contribution is 8.13. The topological polar surface area (TPSA) is 85.2 Å². The second-order valence-electron chi connectivity index (χ2n) is 7.21. The fourth-order valence-corrected chi connectivity index (χ4v) is 3.96. The fraction of sp³-hybridized carbons (Fsp3) is 0.115. The predicted molar refractivity (Wildman–Crippen MR) is 137 cm³/mol. The number of thioether (sulfide) groups is 1. The van der Waals surface area contributed by atoms with Crippen LogP contribution in [-0.2, 0) is 4.79 Å². The zero-order chi connectivity index (χ0) is 24.1. The minimum Gasteiger partial charge on any atom is -0.496 e. The lowest BCUT2D eigenvalue weighted by Gasteiger charge is -2.21. The molecule has 0 aliphatic heterocycles. The minimum atomic E-state index is -0.446. The van der Waals surface area contributed by atoms with Crippen LogP contribution in [0.15, 0.2) is 91.6 Å². The molecule has 0 saturated carbocycles. The van der Waals surface area contributed by atoms with Gasteiger partial charge in [0, 0.05) is 35.8 Å². The highest BCUT2D eigenvalue weighted by atomic mass is 32.2. The van der Waals surface area contributed by atoms with Crippen LogP contribution >= 0.6 is 11.8 Å². The van der Waals surface area contributed by atoms with Gasteiger partial charge in [-0.25, -0.2) is 4.79 Å². The Kier molecular flexibility index (Phi) is 6.98. The van der Waals surface area contributed by atoms with Crippen molar-refractivity contribution < 1.29 is 18.4 Å². The number of rotatable bonds is 5. The molecule has 7 nitrogen and oxygen atoms in total. The van der Waals surface area contributed by atoms with Crippen molar-refractivity contribution in [3.05, 3.63) is 89.2 Å². The number of methoxy groups -OCH3 is 1. The molecule has 0 atom stereocenters. The van der Waals surface area contributed by atoms with Crippen LogP contribution in [0.25, 0.3) is 28.2 Å². The molecule has 0 saturated heterocycles. The zero-order valence-electron chi connectivity index (χ0n) is 18.8. The smallest absolute Gasteiger partial charge is 0.344 e. The first-order valence-corrected chi connectivity index (χ1v) is 11.6. The lowest BCUT2D eigenvalue weighted by Crippen LogP contribution is -2.24. The number of fused-ring (bicyclic) bond motifs is 1. The summed E-state index contributed by atoms with van der Waals surface area (Å²) in [5, 5.41) is 1.31. The molecule has 8 heteroatoms. The van der Waals surface area contributed by atoms with Gasteiger partial charge in [0.05, 0.1) is 18.9 Å². The molecule has 4 aromatic rings. The van der Waals surface area contributed by atoms with E-state index in [1.165, 1.54) is 31.2 Å².